The van der Waals surface area contributed by atoms with E-state index in [9.17, 15) is 4.79 Å². The van der Waals surface area contributed by atoms with Gasteiger partial charge in [0.2, 0.25) is 0 Å². The van der Waals surface area contributed by atoms with Gasteiger partial charge in [-0.1, -0.05) is 6.92 Å². The highest BCUT2D eigenvalue weighted by Crippen LogP contribution is 2.34. The Kier molecular flexibility index (Phi) is 6.58. The zero-order valence-corrected chi connectivity index (χ0v) is 13.7. The molecule has 110 valence electrons. The molecule has 0 aliphatic rings. The van der Waals surface area contributed by atoms with Crippen LogP contribution in [0, 0.1) is 0 Å². The molecule has 0 N–H and O–H groups in total. The number of esters is 1. The smallest absolute Gasteiger partial charge is 0.333 e. The predicted molar refractivity (Wildman–Crippen MR) is 82.1 cm³/mol. The third-order valence-corrected chi connectivity index (χ3v) is 3.37. The summed E-state index contributed by atoms with van der Waals surface area (Å²) in [5, 5.41) is 0. The van der Waals surface area contributed by atoms with E-state index in [4.69, 9.17) is 14.2 Å². The Bertz CT molecular complexity index is 509. The van der Waals surface area contributed by atoms with E-state index in [0.29, 0.717) is 30.1 Å². The van der Waals surface area contributed by atoms with Crippen molar-refractivity contribution in [1.82, 2.24) is 0 Å². The van der Waals surface area contributed by atoms with Crippen LogP contribution in [-0.2, 0) is 9.53 Å². The lowest BCUT2D eigenvalue weighted by atomic mass is 10.1. The summed E-state index contributed by atoms with van der Waals surface area (Å²) in [6.07, 6.45) is 2.35. The SMILES string of the molecule is CCOC(=O)C(=Cc1cc(OC)c(Br)cc1OC)CC. The highest BCUT2D eigenvalue weighted by atomic mass is 79.9. The first kappa shape index (κ1) is 16.6. The van der Waals surface area contributed by atoms with Crippen molar-refractivity contribution in [2.45, 2.75) is 20.3 Å². The Hall–Kier alpha value is -1.49. The van der Waals surface area contributed by atoms with Crippen LogP contribution in [0.15, 0.2) is 22.2 Å². The average Bonchev–Trinajstić information content (AvgIpc) is 2.45. The van der Waals surface area contributed by atoms with Gasteiger partial charge in [0.25, 0.3) is 0 Å². The minimum Gasteiger partial charge on any atom is -0.496 e. The van der Waals surface area contributed by atoms with Gasteiger partial charge < -0.3 is 14.2 Å². The molecule has 0 atom stereocenters. The Morgan fingerprint density at radius 1 is 1.20 bits per heavy atom. The Balaban J connectivity index is 3.25. The molecular formula is C15H19BrO4. The zero-order chi connectivity index (χ0) is 15.1. The van der Waals surface area contributed by atoms with E-state index < -0.39 is 0 Å². The van der Waals surface area contributed by atoms with Gasteiger partial charge in [-0.05, 0) is 47.5 Å². The Morgan fingerprint density at radius 2 is 1.85 bits per heavy atom. The standard InChI is InChI=1S/C15H19BrO4/c1-5-10(15(17)20-6-2)7-11-8-14(19-4)12(16)9-13(11)18-3/h7-9H,5-6H2,1-4H3. The second-order valence-corrected chi connectivity index (χ2v) is 4.83. The second-order valence-electron chi connectivity index (χ2n) is 3.97. The number of halogens is 1. The molecule has 20 heavy (non-hydrogen) atoms. The van der Waals surface area contributed by atoms with Crippen molar-refractivity contribution < 1.29 is 19.0 Å². The molecule has 1 rings (SSSR count). The maximum absolute atomic E-state index is 11.8. The molecule has 0 radical (unpaired) electrons. The number of hydrogen-bond donors (Lipinski definition) is 0. The van der Waals surface area contributed by atoms with Crippen LogP contribution < -0.4 is 9.47 Å². The first-order valence-electron chi connectivity index (χ1n) is 6.36. The van der Waals surface area contributed by atoms with Crippen LogP contribution in [0.4, 0.5) is 0 Å². The maximum Gasteiger partial charge on any atom is 0.333 e. The van der Waals surface area contributed by atoms with Crippen LogP contribution in [0.3, 0.4) is 0 Å². The Morgan fingerprint density at radius 3 is 2.35 bits per heavy atom. The molecule has 1 aromatic rings. The monoisotopic (exact) mass is 342 g/mol. The van der Waals surface area contributed by atoms with Crippen molar-refractivity contribution in [1.29, 1.82) is 0 Å². The lowest BCUT2D eigenvalue weighted by molar-refractivity contribution is -0.138. The largest absolute Gasteiger partial charge is 0.496 e. The molecule has 4 nitrogen and oxygen atoms in total. The van der Waals surface area contributed by atoms with Gasteiger partial charge in [0, 0.05) is 11.1 Å². The topological polar surface area (TPSA) is 44.8 Å². The summed E-state index contributed by atoms with van der Waals surface area (Å²) in [6, 6.07) is 3.63. The molecule has 5 heteroatoms. The first-order chi connectivity index (χ1) is 9.57. The molecule has 0 amide bonds. The molecule has 0 spiro atoms. The average molecular weight is 343 g/mol. The molecular weight excluding hydrogens is 324 g/mol. The third-order valence-electron chi connectivity index (χ3n) is 2.75. The lowest BCUT2D eigenvalue weighted by Crippen LogP contribution is -2.07. The summed E-state index contributed by atoms with van der Waals surface area (Å²) in [6.45, 7) is 4.05. The number of rotatable bonds is 6. The van der Waals surface area contributed by atoms with Crippen LogP contribution in [0.5, 0.6) is 11.5 Å². The van der Waals surface area contributed by atoms with Crippen LogP contribution in [-0.4, -0.2) is 26.8 Å². The highest BCUT2D eigenvalue weighted by Gasteiger charge is 2.12. The Labute approximate surface area is 127 Å². The minimum atomic E-state index is -0.307. The fraction of sp³-hybridized carbons (Fsp3) is 0.400. The number of methoxy groups -OCH3 is 2. The normalized spacial score (nSPS) is 11.2. The molecule has 1 aromatic carbocycles. The van der Waals surface area contributed by atoms with Crippen molar-refractivity contribution in [3.8, 4) is 11.5 Å². The van der Waals surface area contributed by atoms with E-state index in [1.807, 2.05) is 19.1 Å². The van der Waals surface area contributed by atoms with Gasteiger partial charge in [-0.15, -0.1) is 0 Å². The summed E-state index contributed by atoms with van der Waals surface area (Å²) < 4.78 is 16.4. The van der Waals surface area contributed by atoms with Gasteiger partial charge in [0.15, 0.2) is 0 Å². The van der Waals surface area contributed by atoms with Gasteiger partial charge in [-0.2, -0.15) is 0 Å². The van der Waals surface area contributed by atoms with Crippen molar-refractivity contribution >= 4 is 28.0 Å². The number of carbonyl (C=O) groups excluding carboxylic acids is 1. The van der Waals surface area contributed by atoms with Gasteiger partial charge in [-0.25, -0.2) is 4.79 Å². The third kappa shape index (κ3) is 4.00. The van der Waals surface area contributed by atoms with Crippen molar-refractivity contribution in [3.63, 3.8) is 0 Å². The summed E-state index contributed by atoms with van der Waals surface area (Å²) >= 11 is 3.40. The minimum absolute atomic E-state index is 0.307. The van der Waals surface area contributed by atoms with Crippen LogP contribution >= 0.6 is 15.9 Å². The first-order valence-corrected chi connectivity index (χ1v) is 7.15. The molecule has 0 fully saturated rings. The summed E-state index contributed by atoms with van der Waals surface area (Å²) in [4.78, 5) is 11.8. The van der Waals surface area contributed by atoms with E-state index in [1.165, 1.54) is 0 Å². The number of benzene rings is 1. The summed E-state index contributed by atoms with van der Waals surface area (Å²) in [7, 11) is 3.17. The summed E-state index contributed by atoms with van der Waals surface area (Å²) in [5.41, 5.74) is 1.37. The van der Waals surface area contributed by atoms with Crippen LogP contribution in [0.25, 0.3) is 6.08 Å². The maximum atomic E-state index is 11.8. The predicted octanol–water partition coefficient (Wildman–Crippen LogP) is 3.82. The van der Waals surface area contributed by atoms with Crippen LogP contribution in [0.1, 0.15) is 25.8 Å². The van der Waals surface area contributed by atoms with Gasteiger partial charge in [0.05, 0.1) is 25.3 Å². The van der Waals surface area contributed by atoms with E-state index in [1.54, 1.807) is 27.2 Å². The molecule has 0 saturated carbocycles. The fourth-order valence-corrected chi connectivity index (χ4v) is 2.20. The molecule has 0 unspecified atom stereocenters. The van der Waals surface area contributed by atoms with Crippen molar-refractivity contribution in [2.24, 2.45) is 0 Å². The molecule has 0 aliphatic heterocycles. The van der Waals surface area contributed by atoms with Crippen molar-refractivity contribution in [3.05, 3.63) is 27.7 Å². The van der Waals surface area contributed by atoms with Gasteiger partial charge >= 0.3 is 5.97 Å². The lowest BCUT2D eigenvalue weighted by Gasteiger charge is -2.11. The highest BCUT2D eigenvalue weighted by molar-refractivity contribution is 9.10. The van der Waals surface area contributed by atoms with Gasteiger partial charge in [0.1, 0.15) is 11.5 Å². The molecule has 0 saturated heterocycles. The summed E-state index contributed by atoms with van der Waals surface area (Å²) in [5.74, 6) is 1.03. The van der Waals surface area contributed by atoms with Crippen molar-refractivity contribution in [2.75, 3.05) is 20.8 Å². The number of carbonyl (C=O) groups is 1. The van der Waals surface area contributed by atoms with Crippen LogP contribution in [0.2, 0.25) is 0 Å². The van der Waals surface area contributed by atoms with E-state index >= 15 is 0 Å². The number of hydrogen-bond acceptors (Lipinski definition) is 4. The van der Waals surface area contributed by atoms with E-state index in [2.05, 4.69) is 15.9 Å². The zero-order valence-electron chi connectivity index (χ0n) is 12.2. The van der Waals surface area contributed by atoms with E-state index in [-0.39, 0.29) is 5.97 Å². The molecule has 0 aromatic heterocycles. The van der Waals surface area contributed by atoms with Gasteiger partial charge in [-0.3, -0.25) is 0 Å². The van der Waals surface area contributed by atoms with E-state index in [0.717, 1.165) is 10.0 Å². The quantitative estimate of drug-likeness (QED) is 0.582. The molecule has 0 bridgehead atoms. The number of ether oxygens (including phenoxy) is 3. The fourth-order valence-electron chi connectivity index (χ4n) is 1.71. The second kappa shape index (κ2) is 7.94. The molecule has 0 heterocycles. The molecule has 0 aliphatic carbocycles.